The predicted octanol–water partition coefficient (Wildman–Crippen LogP) is 3.20. The molecule has 8 nitrogen and oxygen atoms in total. The first kappa shape index (κ1) is 21.0. The Bertz CT molecular complexity index is 1190. The summed E-state index contributed by atoms with van der Waals surface area (Å²) in [4.78, 5) is 21.6. The number of H-pyrrole nitrogens is 1. The number of benzene rings is 1. The number of aromatic nitrogens is 5. The number of fused-ring (bicyclic) bond motifs is 2. The van der Waals surface area contributed by atoms with Crippen LogP contribution in [0.1, 0.15) is 74.0 Å². The zero-order valence-corrected chi connectivity index (χ0v) is 19.4. The first-order chi connectivity index (χ1) is 16.2. The smallest absolute Gasteiger partial charge is 0.253 e. The SMILES string of the molecule is Cc1ccc2[nH]c(=O)c([C@H](c3nnnn3C3CCCCC3)N3CCN4CCC[C@H]4C3)cc2c1. The van der Waals surface area contributed by atoms with E-state index in [-0.39, 0.29) is 11.6 Å². The maximum atomic E-state index is 13.4. The van der Waals surface area contributed by atoms with Crippen molar-refractivity contribution in [1.29, 1.82) is 0 Å². The number of rotatable bonds is 4. The Morgan fingerprint density at radius 3 is 2.73 bits per heavy atom. The number of hydrogen-bond acceptors (Lipinski definition) is 6. The summed E-state index contributed by atoms with van der Waals surface area (Å²) in [6.07, 6.45) is 8.41. The fourth-order valence-corrected chi connectivity index (χ4v) is 6.26. The second kappa shape index (κ2) is 8.65. The van der Waals surface area contributed by atoms with Crippen LogP contribution < -0.4 is 5.56 Å². The van der Waals surface area contributed by atoms with Gasteiger partial charge in [0.1, 0.15) is 6.04 Å². The lowest BCUT2D eigenvalue weighted by molar-refractivity contribution is 0.0778. The molecule has 174 valence electrons. The maximum absolute atomic E-state index is 13.4. The highest BCUT2D eigenvalue weighted by atomic mass is 16.1. The lowest BCUT2D eigenvalue weighted by atomic mass is 9.94. The van der Waals surface area contributed by atoms with Crippen LogP contribution >= 0.6 is 0 Å². The van der Waals surface area contributed by atoms with E-state index < -0.39 is 0 Å². The van der Waals surface area contributed by atoms with Gasteiger partial charge in [-0.05, 0) is 73.2 Å². The fourth-order valence-electron chi connectivity index (χ4n) is 6.26. The minimum atomic E-state index is -0.238. The second-order valence-electron chi connectivity index (χ2n) is 10.1. The van der Waals surface area contributed by atoms with Crippen molar-refractivity contribution in [2.45, 2.75) is 70.0 Å². The van der Waals surface area contributed by atoms with Crippen molar-refractivity contribution in [2.75, 3.05) is 26.2 Å². The fraction of sp³-hybridized carbons (Fsp3) is 0.600. The zero-order chi connectivity index (χ0) is 22.4. The minimum Gasteiger partial charge on any atom is -0.322 e. The van der Waals surface area contributed by atoms with Gasteiger partial charge >= 0.3 is 0 Å². The molecule has 2 aliphatic heterocycles. The number of hydrogen-bond donors (Lipinski definition) is 1. The first-order valence-electron chi connectivity index (χ1n) is 12.6. The highest BCUT2D eigenvalue weighted by Gasteiger charge is 2.38. The third kappa shape index (κ3) is 3.89. The Morgan fingerprint density at radius 1 is 1.00 bits per heavy atom. The summed E-state index contributed by atoms with van der Waals surface area (Å²) in [6, 6.07) is 8.89. The Hall–Kier alpha value is -2.58. The van der Waals surface area contributed by atoms with Gasteiger partial charge in [-0.25, -0.2) is 4.68 Å². The van der Waals surface area contributed by atoms with E-state index in [1.54, 1.807) is 0 Å². The quantitative estimate of drug-likeness (QED) is 0.661. The Morgan fingerprint density at radius 2 is 1.85 bits per heavy atom. The Labute approximate surface area is 194 Å². The molecule has 1 aromatic carbocycles. The summed E-state index contributed by atoms with van der Waals surface area (Å²) in [5.74, 6) is 0.825. The van der Waals surface area contributed by atoms with Crippen LogP contribution in [0, 0.1) is 6.92 Å². The number of nitrogens with one attached hydrogen (secondary N) is 1. The molecule has 2 atom stereocenters. The molecule has 0 radical (unpaired) electrons. The van der Waals surface area contributed by atoms with Gasteiger partial charge in [0.15, 0.2) is 5.82 Å². The molecule has 0 unspecified atom stereocenters. The van der Waals surface area contributed by atoms with E-state index >= 15 is 0 Å². The standard InChI is InChI=1S/C25H33N7O/c1-17-9-10-22-18(14-17)15-21(25(33)26-22)23(31-13-12-30-11-5-8-20(30)16-31)24-27-28-29-32(24)19-6-3-2-4-7-19/h9-10,14-15,19-20,23H,2-8,11-13,16H2,1H3,(H,26,33)/t20-,23+/m0/s1. The molecule has 2 aromatic heterocycles. The molecule has 33 heavy (non-hydrogen) atoms. The summed E-state index contributed by atoms with van der Waals surface area (Å²) < 4.78 is 2.05. The van der Waals surface area contributed by atoms with Crippen LogP contribution in [0.15, 0.2) is 29.1 Å². The molecule has 1 aliphatic carbocycles. The molecule has 3 fully saturated rings. The molecular formula is C25H33N7O. The predicted molar refractivity (Wildman–Crippen MR) is 127 cm³/mol. The number of tetrazole rings is 1. The van der Waals surface area contributed by atoms with Gasteiger partial charge < -0.3 is 4.98 Å². The van der Waals surface area contributed by atoms with Crippen molar-refractivity contribution in [1.82, 2.24) is 35.0 Å². The van der Waals surface area contributed by atoms with Gasteiger partial charge in [0.2, 0.25) is 0 Å². The number of aryl methyl sites for hydroxylation is 1. The zero-order valence-electron chi connectivity index (χ0n) is 19.4. The molecule has 6 rings (SSSR count). The first-order valence-corrected chi connectivity index (χ1v) is 12.6. The Balaban J connectivity index is 1.46. The van der Waals surface area contributed by atoms with Crippen LogP contribution in [0.5, 0.6) is 0 Å². The number of piperazine rings is 1. The van der Waals surface area contributed by atoms with E-state index in [9.17, 15) is 4.79 Å². The van der Waals surface area contributed by atoms with E-state index in [2.05, 4.69) is 49.4 Å². The molecule has 8 heteroatoms. The summed E-state index contributed by atoms with van der Waals surface area (Å²) in [5.41, 5.74) is 2.78. The average molecular weight is 448 g/mol. The highest BCUT2D eigenvalue weighted by Crippen LogP contribution is 2.35. The van der Waals surface area contributed by atoms with Crippen LogP contribution in [0.3, 0.4) is 0 Å². The molecule has 0 spiro atoms. The number of nitrogens with zero attached hydrogens (tertiary/aromatic N) is 6. The second-order valence-corrected chi connectivity index (χ2v) is 10.1. The average Bonchev–Trinajstić information content (AvgIpc) is 3.50. The highest BCUT2D eigenvalue weighted by molar-refractivity contribution is 5.79. The third-order valence-electron chi connectivity index (χ3n) is 7.99. The van der Waals surface area contributed by atoms with E-state index in [0.717, 1.165) is 54.8 Å². The minimum absolute atomic E-state index is 0.0385. The van der Waals surface area contributed by atoms with E-state index in [0.29, 0.717) is 12.1 Å². The van der Waals surface area contributed by atoms with Crippen molar-refractivity contribution < 1.29 is 0 Å². The lowest BCUT2D eigenvalue weighted by Gasteiger charge is -2.41. The van der Waals surface area contributed by atoms with Crippen LogP contribution in [0.4, 0.5) is 0 Å². The van der Waals surface area contributed by atoms with E-state index in [4.69, 9.17) is 0 Å². The van der Waals surface area contributed by atoms with E-state index in [1.165, 1.54) is 44.2 Å². The molecule has 0 amide bonds. The van der Waals surface area contributed by atoms with Gasteiger partial charge in [0.05, 0.1) is 6.04 Å². The van der Waals surface area contributed by atoms with Crippen LogP contribution in [-0.4, -0.2) is 67.2 Å². The molecular weight excluding hydrogens is 414 g/mol. The van der Waals surface area contributed by atoms with Gasteiger partial charge in [-0.1, -0.05) is 30.9 Å². The Kier molecular flexibility index (Phi) is 5.50. The van der Waals surface area contributed by atoms with Gasteiger partial charge in [-0.2, -0.15) is 0 Å². The molecule has 0 bridgehead atoms. The summed E-state index contributed by atoms with van der Waals surface area (Å²) in [5, 5.41) is 14.2. The van der Waals surface area contributed by atoms with Crippen molar-refractivity contribution in [3.05, 3.63) is 51.6 Å². The van der Waals surface area contributed by atoms with Crippen LogP contribution in [0.25, 0.3) is 10.9 Å². The van der Waals surface area contributed by atoms with Gasteiger partial charge in [0, 0.05) is 36.8 Å². The topological polar surface area (TPSA) is 82.9 Å². The normalized spacial score (nSPS) is 23.7. The lowest BCUT2D eigenvalue weighted by Crippen LogP contribution is -2.52. The van der Waals surface area contributed by atoms with Gasteiger partial charge in [0.25, 0.3) is 5.56 Å². The van der Waals surface area contributed by atoms with Crippen LogP contribution in [0.2, 0.25) is 0 Å². The van der Waals surface area contributed by atoms with Gasteiger partial charge in [-0.3, -0.25) is 14.6 Å². The third-order valence-corrected chi connectivity index (χ3v) is 7.99. The largest absolute Gasteiger partial charge is 0.322 e. The number of pyridine rings is 1. The maximum Gasteiger partial charge on any atom is 0.253 e. The van der Waals surface area contributed by atoms with Crippen molar-refractivity contribution >= 4 is 10.9 Å². The molecule has 1 N–H and O–H groups in total. The van der Waals surface area contributed by atoms with Gasteiger partial charge in [-0.15, -0.1) is 5.10 Å². The van der Waals surface area contributed by atoms with Crippen LogP contribution in [-0.2, 0) is 0 Å². The molecule has 3 aromatic rings. The monoisotopic (exact) mass is 447 g/mol. The molecule has 4 heterocycles. The number of aromatic amines is 1. The van der Waals surface area contributed by atoms with Crippen molar-refractivity contribution in [3.8, 4) is 0 Å². The van der Waals surface area contributed by atoms with Crippen molar-refractivity contribution in [2.24, 2.45) is 0 Å². The summed E-state index contributed by atoms with van der Waals surface area (Å²) >= 11 is 0. The van der Waals surface area contributed by atoms with E-state index in [1.807, 2.05) is 16.8 Å². The summed E-state index contributed by atoms with van der Waals surface area (Å²) in [6.45, 7) is 6.19. The molecule has 1 saturated carbocycles. The molecule has 2 saturated heterocycles. The summed E-state index contributed by atoms with van der Waals surface area (Å²) in [7, 11) is 0. The molecule has 3 aliphatic rings. The van der Waals surface area contributed by atoms with Crippen molar-refractivity contribution in [3.63, 3.8) is 0 Å².